The van der Waals surface area contributed by atoms with Gasteiger partial charge in [-0.1, -0.05) is 18.2 Å². The number of benzene rings is 1. The number of carbonyl (C=O) groups excluding carboxylic acids is 2. The number of aryl methyl sites for hydroxylation is 2. The summed E-state index contributed by atoms with van der Waals surface area (Å²) in [5, 5.41) is 0.792. The van der Waals surface area contributed by atoms with Gasteiger partial charge in [0.25, 0.3) is 17.4 Å². The van der Waals surface area contributed by atoms with Crippen LogP contribution in [-0.4, -0.2) is 20.9 Å². The number of nitrogens with zero attached hydrogens (tertiary/aromatic N) is 2. The first-order valence-electron chi connectivity index (χ1n) is 7.29. The van der Waals surface area contributed by atoms with Crippen molar-refractivity contribution in [3.8, 4) is 0 Å². The van der Waals surface area contributed by atoms with Gasteiger partial charge in [-0.25, -0.2) is 0 Å². The molecule has 0 aliphatic rings. The number of fused-ring (bicyclic) bond motifs is 1. The van der Waals surface area contributed by atoms with E-state index >= 15 is 0 Å². The quantitative estimate of drug-likeness (QED) is 0.688. The van der Waals surface area contributed by atoms with Gasteiger partial charge in [-0.2, -0.15) is 0 Å². The summed E-state index contributed by atoms with van der Waals surface area (Å²) in [4.78, 5) is 35.9. The first kappa shape index (κ1) is 15.5. The van der Waals surface area contributed by atoms with E-state index in [0.717, 1.165) is 10.9 Å². The molecule has 3 aromatic rings. The number of nitrogens with one attached hydrogen (secondary N) is 2. The maximum atomic E-state index is 12.3. The molecule has 0 unspecified atom stereocenters. The van der Waals surface area contributed by atoms with Crippen LogP contribution in [0.5, 0.6) is 0 Å². The average Bonchev–Trinajstić information content (AvgIpc) is 2.92. The third-order valence-electron chi connectivity index (χ3n) is 3.80. The molecule has 7 nitrogen and oxygen atoms in total. The van der Waals surface area contributed by atoms with Gasteiger partial charge in [0.1, 0.15) is 0 Å². The molecule has 0 atom stereocenters. The fourth-order valence-corrected chi connectivity index (χ4v) is 2.47. The first-order valence-corrected chi connectivity index (χ1v) is 7.29. The number of carbonyl (C=O) groups is 2. The van der Waals surface area contributed by atoms with Gasteiger partial charge in [0, 0.05) is 49.0 Å². The van der Waals surface area contributed by atoms with Gasteiger partial charge in [0.15, 0.2) is 0 Å². The van der Waals surface area contributed by atoms with E-state index in [-0.39, 0.29) is 11.1 Å². The van der Waals surface area contributed by atoms with Crippen molar-refractivity contribution in [2.24, 2.45) is 14.1 Å². The molecule has 0 saturated heterocycles. The summed E-state index contributed by atoms with van der Waals surface area (Å²) in [5.41, 5.74) is 5.95. The Morgan fingerprint density at radius 3 is 2.42 bits per heavy atom. The van der Waals surface area contributed by atoms with Crippen LogP contribution in [0.2, 0.25) is 0 Å². The third-order valence-corrected chi connectivity index (χ3v) is 3.80. The summed E-state index contributed by atoms with van der Waals surface area (Å²) in [5.74, 6) is -0.981. The molecule has 0 aliphatic carbocycles. The smallest absolute Gasteiger partial charge is 0.271 e. The van der Waals surface area contributed by atoms with Gasteiger partial charge < -0.3 is 9.13 Å². The van der Waals surface area contributed by atoms with Crippen molar-refractivity contribution in [2.45, 2.75) is 0 Å². The summed E-state index contributed by atoms with van der Waals surface area (Å²) in [6.45, 7) is 0. The highest BCUT2D eigenvalue weighted by Crippen LogP contribution is 2.19. The highest BCUT2D eigenvalue weighted by molar-refractivity contribution is 6.07. The Morgan fingerprint density at radius 1 is 0.958 bits per heavy atom. The second-order valence-electron chi connectivity index (χ2n) is 5.44. The number of pyridine rings is 1. The molecule has 0 spiro atoms. The molecular formula is C17H16N4O3. The molecule has 0 bridgehead atoms. The Labute approximate surface area is 137 Å². The van der Waals surface area contributed by atoms with Crippen molar-refractivity contribution in [3.63, 3.8) is 0 Å². The van der Waals surface area contributed by atoms with Crippen LogP contribution >= 0.6 is 0 Å². The zero-order chi connectivity index (χ0) is 17.3. The Balaban J connectivity index is 1.76. The van der Waals surface area contributed by atoms with Crippen molar-refractivity contribution < 1.29 is 9.59 Å². The van der Waals surface area contributed by atoms with Crippen LogP contribution in [0.3, 0.4) is 0 Å². The second-order valence-corrected chi connectivity index (χ2v) is 5.44. The molecule has 3 rings (SSSR count). The molecule has 24 heavy (non-hydrogen) atoms. The summed E-state index contributed by atoms with van der Waals surface area (Å²) in [7, 11) is 3.43. The summed E-state index contributed by atoms with van der Waals surface area (Å²) >= 11 is 0. The Kier molecular flexibility index (Phi) is 3.91. The van der Waals surface area contributed by atoms with Crippen LogP contribution in [0, 0.1) is 0 Å². The average molecular weight is 324 g/mol. The molecule has 7 heteroatoms. The predicted octanol–water partition coefficient (Wildman–Crippen LogP) is 0.952. The van der Waals surface area contributed by atoms with Gasteiger partial charge in [-0.3, -0.25) is 25.2 Å². The lowest BCUT2D eigenvalue weighted by molar-refractivity contribution is 0.0847. The largest absolute Gasteiger partial charge is 0.350 e. The number of hydrogen-bond acceptors (Lipinski definition) is 3. The normalized spacial score (nSPS) is 10.6. The van der Waals surface area contributed by atoms with Crippen molar-refractivity contribution in [3.05, 3.63) is 70.3 Å². The number of hydrogen-bond donors (Lipinski definition) is 2. The van der Waals surface area contributed by atoms with Crippen molar-refractivity contribution in [1.29, 1.82) is 0 Å². The van der Waals surface area contributed by atoms with E-state index in [1.54, 1.807) is 13.2 Å². The number of amides is 2. The Morgan fingerprint density at radius 2 is 1.67 bits per heavy atom. The molecule has 2 heterocycles. The SMILES string of the molecule is Cn1ccc(C(=O)NNC(=O)c2cn(C)c3ccccc23)cc1=O. The summed E-state index contributed by atoms with van der Waals surface area (Å²) < 4.78 is 3.19. The fourth-order valence-electron chi connectivity index (χ4n) is 2.47. The third kappa shape index (κ3) is 2.79. The predicted molar refractivity (Wildman–Crippen MR) is 89.5 cm³/mol. The Hall–Kier alpha value is -3.35. The molecule has 0 fully saturated rings. The molecule has 122 valence electrons. The summed E-state index contributed by atoms with van der Waals surface area (Å²) in [6.07, 6.45) is 3.19. The lowest BCUT2D eigenvalue weighted by atomic mass is 10.2. The number of para-hydroxylation sites is 1. The molecule has 2 N–H and O–H groups in total. The van der Waals surface area contributed by atoms with Crippen molar-refractivity contribution in [1.82, 2.24) is 20.0 Å². The van der Waals surface area contributed by atoms with Crippen molar-refractivity contribution in [2.75, 3.05) is 0 Å². The topological polar surface area (TPSA) is 85.1 Å². The second kappa shape index (κ2) is 6.04. The zero-order valence-electron chi connectivity index (χ0n) is 13.2. The van der Waals surface area contributed by atoms with Crippen LogP contribution in [0.1, 0.15) is 20.7 Å². The van der Waals surface area contributed by atoms with E-state index in [0.29, 0.717) is 5.56 Å². The molecule has 0 saturated carbocycles. The van der Waals surface area contributed by atoms with Crippen LogP contribution in [0.4, 0.5) is 0 Å². The fraction of sp³-hybridized carbons (Fsp3) is 0.118. The van der Waals surface area contributed by atoms with E-state index in [2.05, 4.69) is 10.9 Å². The summed E-state index contributed by atoms with van der Waals surface area (Å²) in [6, 6.07) is 10.2. The van der Waals surface area contributed by atoms with E-state index in [1.807, 2.05) is 35.9 Å². The van der Waals surface area contributed by atoms with E-state index in [1.165, 1.54) is 22.9 Å². The maximum absolute atomic E-state index is 12.3. The molecule has 0 radical (unpaired) electrons. The minimum Gasteiger partial charge on any atom is -0.350 e. The van der Waals surface area contributed by atoms with E-state index in [9.17, 15) is 14.4 Å². The van der Waals surface area contributed by atoms with Gasteiger partial charge in [0.2, 0.25) is 0 Å². The van der Waals surface area contributed by atoms with Crippen LogP contribution < -0.4 is 16.4 Å². The van der Waals surface area contributed by atoms with Gasteiger partial charge in [-0.15, -0.1) is 0 Å². The van der Waals surface area contributed by atoms with E-state index in [4.69, 9.17) is 0 Å². The highest BCUT2D eigenvalue weighted by Gasteiger charge is 2.14. The molecule has 1 aromatic carbocycles. The molecule has 2 aromatic heterocycles. The monoisotopic (exact) mass is 324 g/mol. The van der Waals surface area contributed by atoms with Gasteiger partial charge >= 0.3 is 0 Å². The van der Waals surface area contributed by atoms with Crippen LogP contribution in [-0.2, 0) is 14.1 Å². The number of hydrazine groups is 1. The molecule has 2 amide bonds. The number of rotatable bonds is 2. The lowest BCUT2D eigenvalue weighted by Crippen LogP contribution is -2.42. The number of aromatic nitrogens is 2. The van der Waals surface area contributed by atoms with Crippen LogP contribution in [0.25, 0.3) is 10.9 Å². The Bertz CT molecular complexity index is 1000. The first-order chi connectivity index (χ1) is 11.5. The lowest BCUT2D eigenvalue weighted by Gasteiger charge is -2.07. The zero-order valence-corrected chi connectivity index (χ0v) is 13.2. The van der Waals surface area contributed by atoms with Gasteiger partial charge in [-0.05, 0) is 12.1 Å². The molecular weight excluding hydrogens is 308 g/mol. The minimum absolute atomic E-state index is 0.177. The minimum atomic E-state index is -0.554. The highest BCUT2D eigenvalue weighted by atomic mass is 16.2. The van der Waals surface area contributed by atoms with E-state index < -0.39 is 11.8 Å². The standard InChI is InChI=1S/C17H16N4O3/c1-20-8-7-11(9-15(20)22)16(23)18-19-17(24)13-10-21(2)14-6-4-3-5-12(13)14/h3-10H,1-2H3,(H,18,23)(H,19,24). The van der Waals surface area contributed by atoms with Crippen LogP contribution in [0.15, 0.2) is 53.6 Å². The molecule has 0 aliphatic heterocycles. The van der Waals surface area contributed by atoms with Gasteiger partial charge in [0.05, 0.1) is 5.56 Å². The van der Waals surface area contributed by atoms with Crippen molar-refractivity contribution >= 4 is 22.7 Å². The maximum Gasteiger partial charge on any atom is 0.271 e.